The van der Waals surface area contributed by atoms with Crippen molar-refractivity contribution in [2.75, 3.05) is 26.4 Å². The predicted molar refractivity (Wildman–Crippen MR) is 242 cm³/mol. The van der Waals surface area contributed by atoms with Gasteiger partial charge >= 0.3 is 0 Å². The third-order valence-corrected chi connectivity index (χ3v) is 10.5. The molecule has 0 bridgehead atoms. The number of halogens is 2. The summed E-state index contributed by atoms with van der Waals surface area (Å²) >= 11 is 6.01. The Morgan fingerprint density at radius 3 is 1.60 bits per heavy atom. The van der Waals surface area contributed by atoms with E-state index in [0.29, 0.717) is 52.2 Å². The molecule has 0 aliphatic rings. The molecular formula is C51H48ClFO12. The van der Waals surface area contributed by atoms with Gasteiger partial charge < -0.3 is 44.1 Å². The molecule has 14 heteroatoms. The topological polar surface area (TPSA) is 178 Å². The van der Waals surface area contributed by atoms with Crippen LogP contribution in [0.15, 0.2) is 109 Å². The van der Waals surface area contributed by atoms with E-state index in [-0.39, 0.29) is 71.5 Å². The zero-order valence-electron chi connectivity index (χ0n) is 35.9. The lowest BCUT2D eigenvalue weighted by Crippen LogP contribution is -2.14. The van der Waals surface area contributed by atoms with Crippen LogP contribution in [0, 0.1) is 5.82 Å². The third kappa shape index (κ3) is 12.7. The van der Waals surface area contributed by atoms with Crippen molar-refractivity contribution >= 4 is 29.0 Å². The molecule has 6 aromatic carbocycles. The Labute approximate surface area is 380 Å². The number of benzene rings is 6. The van der Waals surface area contributed by atoms with Gasteiger partial charge in [0.1, 0.15) is 51.8 Å². The van der Waals surface area contributed by atoms with Gasteiger partial charge in [-0.05, 0) is 121 Å². The molecule has 65 heavy (non-hydrogen) atoms. The highest BCUT2D eigenvalue weighted by Gasteiger charge is 2.23. The van der Waals surface area contributed by atoms with Gasteiger partial charge in [0, 0.05) is 23.2 Å². The average Bonchev–Trinajstić information content (AvgIpc) is 3.28. The molecule has 0 unspecified atom stereocenters. The number of aryl methyl sites for hydroxylation is 2. The first-order valence-corrected chi connectivity index (χ1v) is 21.2. The lowest BCUT2D eigenvalue weighted by Gasteiger charge is -2.17. The SMILES string of the molecule is CCCc1cc(C(=O)COc2ccc(F)cc2)c(OCCCc2cc(C(=O)COc3ccc(Cl)cc3)c(Oc3cc(C(=O)COc4ccc(C(C)C)cc4)c(O)cc3O)cc2O)cc1O. The lowest BCUT2D eigenvalue weighted by molar-refractivity contribution is 0.0910. The highest BCUT2D eigenvalue weighted by molar-refractivity contribution is 6.30. The highest BCUT2D eigenvalue weighted by atomic mass is 35.5. The van der Waals surface area contributed by atoms with Crippen molar-refractivity contribution in [2.45, 2.75) is 52.4 Å². The summed E-state index contributed by atoms with van der Waals surface area (Å²) < 4.78 is 42.4. The third-order valence-electron chi connectivity index (χ3n) is 10.2. The van der Waals surface area contributed by atoms with E-state index >= 15 is 0 Å². The molecule has 0 atom stereocenters. The second kappa shape index (κ2) is 21.9. The lowest BCUT2D eigenvalue weighted by atomic mass is 10.0. The Morgan fingerprint density at radius 1 is 0.554 bits per heavy atom. The molecule has 4 N–H and O–H groups in total. The summed E-state index contributed by atoms with van der Waals surface area (Å²) in [5.74, 6) is -2.51. The van der Waals surface area contributed by atoms with Crippen LogP contribution < -0.4 is 23.7 Å². The van der Waals surface area contributed by atoms with Crippen LogP contribution in [0.3, 0.4) is 0 Å². The molecule has 0 aromatic heterocycles. The first kappa shape index (κ1) is 47.2. The monoisotopic (exact) mass is 906 g/mol. The number of ketones is 3. The van der Waals surface area contributed by atoms with Crippen molar-refractivity contribution in [3.8, 4) is 57.5 Å². The normalized spacial score (nSPS) is 11.0. The molecule has 0 aliphatic carbocycles. The van der Waals surface area contributed by atoms with Gasteiger partial charge in [-0.25, -0.2) is 4.39 Å². The molecule has 0 amide bonds. The van der Waals surface area contributed by atoms with Gasteiger partial charge in [0.25, 0.3) is 0 Å². The predicted octanol–water partition coefficient (Wildman–Crippen LogP) is 11.0. The standard InChI is InChI=1S/C51H48ClFO12/c1-4-6-32-21-40(47(59)28-64-38-18-12-35(53)13-19-38)49(25-42(32)54)61-20-5-7-33-22-41(48(60)29-63-37-16-10-34(52)11-17-37)50(26-43(33)55)65-51-23-39(44(56)24-45(51)57)46(58)27-62-36-14-8-31(9-15-36)30(2)3/h8-19,21-26,30,54-57H,4-7,20,27-29H2,1-3H3. The summed E-state index contributed by atoms with van der Waals surface area (Å²) in [6.07, 6.45) is 1.63. The van der Waals surface area contributed by atoms with E-state index in [0.717, 1.165) is 17.7 Å². The zero-order valence-corrected chi connectivity index (χ0v) is 36.7. The van der Waals surface area contributed by atoms with Crippen LogP contribution in [0.5, 0.6) is 57.5 Å². The van der Waals surface area contributed by atoms with E-state index < -0.39 is 47.9 Å². The summed E-state index contributed by atoms with van der Waals surface area (Å²) in [5.41, 5.74) is 1.85. The molecular weight excluding hydrogens is 859 g/mol. The maximum Gasteiger partial charge on any atom is 0.204 e. The Hall–Kier alpha value is -7.25. The molecule has 0 saturated heterocycles. The number of phenolic OH excluding ortho intramolecular Hbond substituents is 4. The molecule has 0 fully saturated rings. The second-order valence-corrected chi connectivity index (χ2v) is 15.8. The van der Waals surface area contributed by atoms with Crippen molar-refractivity contribution in [3.63, 3.8) is 0 Å². The molecule has 12 nitrogen and oxygen atoms in total. The van der Waals surface area contributed by atoms with E-state index in [4.69, 9.17) is 35.3 Å². The fourth-order valence-corrected chi connectivity index (χ4v) is 6.78. The molecule has 6 aromatic rings. The van der Waals surface area contributed by atoms with E-state index in [9.17, 15) is 39.2 Å². The van der Waals surface area contributed by atoms with Crippen molar-refractivity contribution in [1.82, 2.24) is 0 Å². The number of Topliss-reactive ketones (excluding diaryl/α,β-unsaturated/α-hetero) is 3. The molecule has 0 radical (unpaired) electrons. The van der Waals surface area contributed by atoms with Gasteiger partial charge in [-0.3, -0.25) is 14.4 Å². The highest BCUT2D eigenvalue weighted by Crippen LogP contribution is 2.40. The van der Waals surface area contributed by atoms with E-state index in [1.54, 1.807) is 42.5 Å². The van der Waals surface area contributed by atoms with Crippen LogP contribution in [-0.4, -0.2) is 64.2 Å². The van der Waals surface area contributed by atoms with Crippen LogP contribution in [0.2, 0.25) is 5.02 Å². The van der Waals surface area contributed by atoms with Crippen LogP contribution in [-0.2, 0) is 12.8 Å². The van der Waals surface area contributed by atoms with E-state index in [1.165, 1.54) is 42.5 Å². The fourth-order valence-electron chi connectivity index (χ4n) is 6.65. The van der Waals surface area contributed by atoms with Crippen molar-refractivity contribution in [2.24, 2.45) is 0 Å². The zero-order chi connectivity index (χ0) is 46.6. The minimum Gasteiger partial charge on any atom is -0.508 e. The van der Waals surface area contributed by atoms with Crippen molar-refractivity contribution < 1.29 is 62.9 Å². The summed E-state index contributed by atoms with van der Waals surface area (Å²) in [7, 11) is 0. The van der Waals surface area contributed by atoms with Gasteiger partial charge in [-0.15, -0.1) is 0 Å². The van der Waals surface area contributed by atoms with Crippen molar-refractivity contribution in [3.05, 3.63) is 153 Å². The largest absolute Gasteiger partial charge is 0.508 e. The van der Waals surface area contributed by atoms with Gasteiger partial charge in [-0.1, -0.05) is 50.9 Å². The van der Waals surface area contributed by atoms with Gasteiger partial charge in [0.05, 0.1) is 23.3 Å². The summed E-state index contributed by atoms with van der Waals surface area (Å²) in [5, 5.41) is 43.9. The Morgan fingerprint density at radius 2 is 1.05 bits per heavy atom. The summed E-state index contributed by atoms with van der Waals surface area (Å²) in [6.45, 7) is 4.76. The van der Waals surface area contributed by atoms with Gasteiger partial charge in [-0.2, -0.15) is 0 Å². The minimum absolute atomic E-state index is 0.0114. The fraction of sp³-hybridized carbons (Fsp3) is 0.235. The number of phenols is 4. The number of hydrogen-bond donors (Lipinski definition) is 4. The molecule has 0 saturated carbocycles. The van der Waals surface area contributed by atoms with Crippen molar-refractivity contribution in [1.29, 1.82) is 0 Å². The number of ether oxygens (including phenoxy) is 5. The number of hydrogen-bond acceptors (Lipinski definition) is 12. The van der Waals surface area contributed by atoms with E-state index in [2.05, 4.69) is 13.8 Å². The van der Waals surface area contributed by atoms with E-state index in [1.807, 2.05) is 19.1 Å². The second-order valence-electron chi connectivity index (χ2n) is 15.4. The van der Waals surface area contributed by atoms with Crippen LogP contribution in [0.1, 0.15) is 87.3 Å². The number of carbonyl (C=O) groups excluding carboxylic acids is 3. The summed E-state index contributed by atoms with van der Waals surface area (Å²) in [4.78, 5) is 40.5. The first-order chi connectivity index (χ1) is 31.2. The summed E-state index contributed by atoms with van der Waals surface area (Å²) in [6, 6.07) is 26.4. The number of carbonyl (C=O) groups is 3. The quantitative estimate of drug-likeness (QED) is 0.0375. The maximum atomic E-state index is 13.8. The Balaban J connectivity index is 1.20. The molecule has 0 spiro atoms. The van der Waals surface area contributed by atoms with Crippen LogP contribution in [0.4, 0.5) is 4.39 Å². The average molecular weight is 907 g/mol. The van der Waals surface area contributed by atoms with Gasteiger partial charge in [0.15, 0.2) is 31.3 Å². The Bertz CT molecular complexity index is 2630. The Kier molecular flexibility index (Phi) is 15.9. The minimum atomic E-state index is -0.629. The smallest absolute Gasteiger partial charge is 0.204 e. The molecule has 338 valence electrons. The maximum absolute atomic E-state index is 13.8. The number of rotatable bonds is 22. The number of aromatic hydroxyl groups is 4. The molecule has 6 rings (SSSR count). The van der Waals surface area contributed by atoms with Crippen LogP contribution in [0.25, 0.3) is 0 Å². The first-order valence-electron chi connectivity index (χ1n) is 20.9. The molecule has 0 heterocycles. The molecule has 0 aliphatic heterocycles. The van der Waals surface area contributed by atoms with Gasteiger partial charge in [0.2, 0.25) is 17.3 Å². The van der Waals surface area contributed by atoms with Crippen LogP contribution >= 0.6 is 11.6 Å².